The predicted octanol–water partition coefficient (Wildman–Crippen LogP) is 1.49. The van der Waals surface area contributed by atoms with Crippen LogP contribution in [-0.4, -0.2) is 22.9 Å². The number of ether oxygens (including phenoxy) is 1. The van der Waals surface area contributed by atoms with Crippen LogP contribution in [0.1, 0.15) is 26.7 Å². The lowest BCUT2D eigenvalue weighted by molar-refractivity contribution is -0.138. The first-order valence-corrected chi connectivity index (χ1v) is 4.03. The van der Waals surface area contributed by atoms with Gasteiger partial charge in [-0.2, -0.15) is 0 Å². The van der Waals surface area contributed by atoms with Crippen molar-refractivity contribution < 1.29 is 9.84 Å². The van der Waals surface area contributed by atoms with Crippen molar-refractivity contribution >= 4 is 0 Å². The van der Waals surface area contributed by atoms with E-state index in [4.69, 9.17) is 4.74 Å². The maximum Gasteiger partial charge on any atom is 0.102 e. The first kappa shape index (κ1) is 8.75. The van der Waals surface area contributed by atoms with E-state index in [2.05, 4.69) is 6.58 Å². The molecule has 0 aromatic heterocycles. The van der Waals surface area contributed by atoms with E-state index in [1.165, 1.54) is 0 Å². The summed E-state index contributed by atoms with van der Waals surface area (Å²) in [5, 5.41) is 9.40. The number of aliphatic hydroxyl groups excluding tert-OH is 1. The maximum absolute atomic E-state index is 9.40. The number of rotatable bonds is 1. The molecule has 1 aliphatic heterocycles. The molecule has 0 amide bonds. The Morgan fingerprint density at radius 2 is 2.27 bits per heavy atom. The summed E-state index contributed by atoms with van der Waals surface area (Å²) in [5.41, 5.74) is -0.0991. The quantitative estimate of drug-likeness (QED) is 0.583. The summed E-state index contributed by atoms with van der Waals surface area (Å²) in [5.74, 6) is 0. The first-order chi connectivity index (χ1) is 5.05. The molecule has 1 fully saturated rings. The zero-order valence-corrected chi connectivity index (χ0v) is 7.21. The van der Waals surface area contributed by atoms with Crippen LogP contribution in [0.15, 0.2) is 12.7 Å². The zero-order valence-electron chi connectivity index (χ0n) is 7.21. The van der Waals surface area contributed by atoms with E-state index in [9.17, 15) is 5.11 Å². The molecule has 0 aromatic rings. The largest absolute Gasteiger partial charge is 0.390 e. The molecule has 1 aliphatic rings. The van der Waals surface area contributed by atoms with Crippen molar-refractivity contribution in [2.24, 2.45) is 0 Å². The molecule has 0 aromatic carbocycles. The molecule has 0 saturated carbocycles. The van der Waals surface area contributed by atoms with Crippen LogP contribution in [0.5, 0.6) is 0 Å². The van der Waals surface area contributed by atoms with Gasteiger partial charge in [0.15, 0.2) is 0 Å². The molecule has 1 rings (SSSR count). The summed E-state index contributed by atoms with van der Waals surface area (Å²) < 4.78 is 5.57. The van der Waals surface area contributed by atoms with Crippen molar-refractivity contribution in [3.63, 3.8) is 0 Å². The molecule has 2 nitrogen and oxygen atoms in total. The van der Waals surface area contributed by atoms with E-state index >= 15 is 0 Å². The maximum atomic E-state index is 9.40. The Balaban J connectivity index is 2.58. The van der Waals surface area contributed by atoms with E-state index in [-0.39, 0.29) is 17.8 Å². The smallest absolute Gasteiger partial charge is 0.102 e. The van der Waals surface area contributed by atoms with Crippen molar-refractivity contribution in [2.45, 2.75) is 44.5 Å². The molecule has 1 N–H and O–H groups in total. The molecule has 2 atom stereocenters. The highest BCUT2D eigenvalue weighted by Gasteiger charge is 2.32. The summed E-state index contributed by atoms with van der Waals surface area (Å²) in [7, 11) is 0. The van der Waals surface area contributed by atoms with Gasteiger partial charge in [0.05, 0.1) is 11.7 Å². The Bertz CT molecular complexity index is 152. The summed E-state index contributed by atoms with van der Waals surface area (Å²) in [6, 6.07) is 0. The van der Waals surface area contributed by atoms with Crippen LogP contribution in [0.4, 0.5) is 0 Å². The SMILES string of the molecule is C=C[C@H]1OC(C)(C)CC[C@H]1O. The summed E-state index contributed by atoms with van der Waals surface area (Å²) >= 11 is 0. The molecule has 64 valence electrons. The van der Waals surface area contributed by atoms with Gasteiger partial charge in [0.25, 0.3) is 0 Å². The van der Waals surface area contributed by atoms with Crippen LogP contribution in [0.25, 0.3) is 0 Å². The van der Waals surface area contributed by atoms with E-state index in [0.717, 1.165) is 12.8 Å². The van der Waals surface area contributed by atoms with Crippen molar-refractivity contribution in [3.05, 3.63) is 12.7 Å². The minimum absolute atomic E-state index is 0.0991. The molecule has 0 unspecified atom stereocenters. The van der Waals surface area contributed by atoms with E-state index < -0.39 is 0 Å². The van der Waals surface area contributed by atoms with Gasteiger partial charge in [-0.15, -0.1) is 6.58 Å². The molecular weight excluding hydrogens is 140 g/mol. The molecule has 0 radical (unpaired) electrons. The average molecular weight is 156 g/mol. The van der Waals surface area contributed by atoms with Crippen molar-refractivity contribution in [3.8, 4) is 0 Å². The second-order valence-electron chi connectivity index (χ2n) is 3.68. The molecule has 0 spiro atoms. The fourth-order valence-corrected chi connectivity index (χ4v) is 1.37. The van der Waals surface area contributed by atoms with Gasteiger partial charge in [0.2, 0.25) is 0 Å². The van der Waals surface area contributed by atoms with E-state index in [1.54, 1.807) is 6.08 Å². The number of hydrogen-bond donors (Lipinski definition) is 1. The number of hydrogen-bond acceptors (Lipinski definition) is 2. The molecule has 11 heavy (non-hydrogen) atoms. The highest BCUT2D eigenvalue weighted by molar-refractivity contribution is 4.93. The lowest BCUT2D eigenvalue weighted by Crippen LogP contribution is -2.42. The normalized spacial score (nSPS) is 36.6. The Morgan fingerprint density at radius 3 is 2.73 bits per heavy atom. The fourth-order valence-electron chi connectivity index (χ4n) is 1.37. The van der Waals surface area contributed by atoms with Crippen LogP contribution in [0.2, 0.25) is 0 Å². The summed E-state index contributed by atoms with van der Waals surface area (Å²) in [6.45, 7) is 7.69. The minimum Gasteiger partial charge on any atom is -0.390 e. The van der Waals surface area contributed by atoms with Gasteiger partial charge in [-0.05, 0) is 26.7 Å². The molecular formula is C9H16O2. The Morgan fingerprint density at radius 1 is 1.64 bits per heavy atom. The van der Waals surface area contributed by atoms with Crippen LogP contribution < -0.4 is 0 Å². The fraction of sp³-hybridized carbons (Fsp3) is 0.778. The van der Waals surface area contributed by atoms with Gasteiger partial charge in [-0.3, -0.25) is 0 Å². The molecule has 1 heterocycles. The second-order valence-corrected chi connectivity index (χ2v) is 3.68. The molecule has 0 bridgehead atoms. The molecule has 1 saturated heterocycles. The van der Waals surface area contributed by atoms with Crippen LogP contribution in [0, 0.1) is 0 Å². The van der Waals surface area contributed by atoms with Crippen LogP contribution in [-0.2, 0) is 4.74 Å². The van der Waals surface area contributed by atoms with Gasteiger partial charge in [-0.1, -0.05) is 6.08 Å². The predicted molar refractivity (Wildman–Crippen MR) is 44.4 cm³/mol. The third kappa shape index (κ3) is 2.04. The van der Waals surface area contributed by atoms with Crippen molar-refractivity contribution in [1.82, 2.24) is 0 Å². The minimum atomic E-state index is -0.361. The second kappa shape index (κ2) is 2.95. The summed E-state index contributed by atoms with van der Waals surface area (Å²) in [6.07, 6.45) is 2.85. The highest BCUT2D eigenvalue weighted by atomic mass is 16.5. The Kier molecular flexibility index (Phi) is 2.35. The molecule has 0 aliphatic carbocycles. The van der Waals surface area contributed by atoms with E-state index in [0.29, 0.717) is 0 Å². The number of aliphatic hydroxyl groups is 1. The average Bonchev–Trinajstić information content (AvgIpc) is 1.94. The Hall–Kier alpha value is -0.340. The topological polar surface area (TPSA) is 29.5 Å². The molecule has 2 heteroatoms. The third-order valence-corrected chi connectivity index (χ3v) is 2.11. The van der Waals surface area contributed by atoms with Gasteiger partial charge in [-0.25, -0.2) is 0 Å². The monoisotopic (exact) mass is 156 g/mol. The van der Waals surface area contributed by atoms with Gasteiger partial charge < -0.3 is 9.84 Å². The van der Waals surface area contributed by atoms with Crippen LogP contribution >= 0.6 is 0 Å². The van der Waals surface area contributed by atoms with Gasteiger partial charge >= 0.3 is 0 Å². The van der Waals surface area contributed by atoms with Crippen molar-refractivity contribution in [2.75, 3.05) is 0 Å². The highest BCUT2D eigenvalue weighted by Crippen LogP contribution is 2.28. The van der Waals surface area contributed by atoms with Crippen molar-refractivity contribution in [1.29, 1.82) is 0 Å². The summed E-state index contributed by atoms with van der Waals surface area (Å²) in [4.78, 5) is 0. The van der Waals surface area contributed by atoms with Gasteiger partial charge in [0.1, 0.15) is 6.10 Å². The standard InChI is InChI=1S/C9H16O2/c1-4-8-7(10)5-6-9(2,3)11-8/h4,7-8,10H,1,5-6H2,2-3H3/t7-,8-/m1/s1. The lowest BCUT2D eigenvalue weighted by atomic mass is 9.93. The van der Waals surface area contributed by atoms with Gasteiger partial charge in [0, 0.05) is 0 Å². The van der Waals surface area contributed by atoms with E-state index in [1.807, 2.05) is 13.8 Å². The first-order valence-electron chi connectivity index (χ1n) is 4.03. The third-order valence-electron chi connectivity index (χ3n) is 2.11. The lowest BCUT2D eigenvalue weighted by Gasteiger charge is -2.37. The Labute approximate surface area is 67.9 Å². The zero-order chi connectivity index (χ0) is 8.48. The van der Waals surface area contributed by atoms with Crippen LogP contribution in [0.3, 0.4) is 0 Å².